The second-order valence-electron chi connectivity index (χ2n) is 8.64. The van der Waals surface area contributed by atoms with Gasteiger partial charge in [-0.2, -0.15) is 0 Å². The van der Waals surface area contributed by atoms with E-state index >= 15 is 4.39 Å². The molecule has 8 nitrogen and oxygen atoms in total. The van der Waals surface area contributed by atoms with E-state index in [4.69, 9.17) is 27.9 Å². The predicted octanol–water partition coefficient (Wildman–Crippen LogP) is 6.14. The first-order chi connectivity index (χ1) is 18.5. The van der Waals surface area contributed by atoms with Crippen LogP contribution in [0.1, 0.15) is 45.3 Å². The van der Waals surface area contributed by atoms with Crippen molar-refractivity contribution in [3.05, 3.63) is 58.1 Å². The van der Waals surface area contributed by atoms with Gasteiger partial charge < -0.3 is 10.1 Å². The molecule has 13 heteroatoms. The van der Waals surface area contributed by atoms with Crippen LogP contribution < -0.4 is 15.5 Å². The average molecular weight is 586 g/mol. The number of nitrogens with one attached hydrogen (secondary N) is 2. The van der Waals surface area contributed by atoms with Crippen LogP contribution in [-0.4, -0.2) is 53.3 Å². The van der Waals surface area contributed by atoms with Gasteiger partial charge in [-0.3, -0.25) is 20.2 Å². The molecule has 0 aliphatic carbocycles. The molecule has 2 atom stereocenters. The predicted molar refractivity (Wildman–Crippen MR) is 144 cm³/mol. The van der Waals surface area contributed by atoms with E-state index in [1.807, 2.05) is 13.0 Å². The van der Waals surface area contributed by atoms with Crippen LogP contribution in [0.3, 0.4) is 0 Å². The molecule has 1 unspecified atom stereocenters. The Morgan fingerprint density at radius 1 is 1.21 bits per heavy atom. The topological polar surface area (TPSA) is 95.9 Å². The summed E-state index contributed by atoms with van der Waals surface area (Å²) in [6, 6.07) is 2.19. The number of rotatable bonds is 10. The Balaban J connectivity index is 1.73. The zero-order valence-corrected chi connectivity index (χ0v) is 23.0. The summed E-state index contributed by atoms with van der Waals surface area (Å²) in [5.74, 6) is -1.40. The van der Waals surface area contributed by atoms with Crippen molar-refractivity contribution >= 4 is 40.9 Å². The lowest BCUT2D eigenvalue weighted by Gasteiger charge is -2.24. The zero-order chi connectivity index (χ0) is 28.7. The van der Waals surface area contributed by atoms with Crippen LogP contribution in [0.15, 0.2) is 41.5 Å². The van der Waals surface area contributed by atoms with Crippen molar-refractivity contribution in [2.45, 2.75) is 52.1 Å². The van der Waals surface area contributed by atoms with Gasteiger partial charge in [0.1, 0.15) is 23.9 Å². The molecule has 0 saturated heterocycles. The molecule has 0 radical (unpaired) electrons. The van der Waals surface area contributed by atoms with Gasteiger partial charge in [-0.15, -0.1) is 0 Å². The summed E-state index contributed by atoms with van der Waals surface area (Å²) < 4.78 is 45.7. The number of nitrogens with zero attached hydrogens (tertiary/aromatic N) is 3. The van der Waals surface area contributed by atoms with Crippen LogP contribution in [0.25, 0.3) is 11.1 Å². The van der Waals surface area contributed by atoms with Gasteiger partial charge in [0.05, 0.1) is 22.8 Å². The maximum absolute atomic E-state index is 15.1. The van der Waals surface area contributed by atoms with E-state index in [2.05, 4.69) is 20.7 Å². The number of hydrogen-bond acceptors (Lipinski definition) is 5. The summed E-state index contributed by atoms with van der Waals surface area (Å²) in [4.78, 5) is 33.8. The summed E-state index contributed by atoms with van der Waals surface area (Å²) in [5, 5.41) is 3.81. The standard InChI is InChI=1S/C26H28Cl2F3N5O3/c1-4-6-17-7-8-21(34-17)25(37)35-36(5-2)26(38)33-14(3)23-20(29)9-15(12-32-23)18-10-16(27)11-19(28)24(18)39-13-22(30)31/h7-12,14,17,22H,4-6,13H2,1-3H3,(H,33,38)(H,35,37)/t14-,17?/m1/s1. The number of aromatic nitrogens is 1. The van der Waals surface area contributed by atoms with Crippen LogP contribution >= 0.6 is 23.2 Å². The molecule has 2 N–H and O–H groups in total. The summed E-state index contributed by atoms with van der Waals surface area (Å²) in [5.41, 5.74) is 2.98. The van der Waals surface area contributed by atoms with Crippen LogP contribution in [0.4, 0.5) is 18.0 Å². The van der Waals surface area contributed by atoms with Gasteiger partial charge in [-0.1, -0.05) is 42.6 Å². The Morgan fingerprint density at radius 3 is 2.59 bits per heavy atom. The van der Waals surface area contributed by atoms with E-state index in [0.29, 0.717) is 0 Å². The summed E-state index contributed by atoms with van der Waals surface area (Å²) in [6.07, 6.45) is 3.71. The smallest absolute Gasteiger partial charge is 0.336 e. The zero-order valence-electron chi connectivity index (χ0n) is 21.5. The normalized spacial score (nSPS) is 15.2. The first kappa shape index (κ1) is 30.2. The number of carbonyl (C=O) groups is 2. The second-order valence-corrected chi connectivity index (χ2v) is 9.49. The highest BCUT2D eigenvalue weighted by atomic mass is 35.5. The Hall–Kier alpha value is -3.31. The van der Waals surface area contributed by atoms with E-state index < -0.39 is 36.8 Å². The molecule has 1 aromatic carbocycles. The molecule has 2 heterocycles. The number of halogens is 5. The quantitative estimate of drug-likeness (QED) is 0.327. The van der Waals surface area contributed by atoms with Gasteiger partial charge in [-0.25, -0.2) is 23.0 Å². The molecule has 39 heavy (non-hydrogen) atoms. The number of benzene rings is 1. The number of amides is 3. The average Bonchev–Trinajstić information content (AvgIpc) is 3.34. The fraction of sp³-hybridized carbons (Fsp3) is 0.385. The van der Waals surface area contributed by atoms with Crippen molar-refractivity contribution < 1.29 is 27.5 Å². The Bertz CT molecular complexity index is 1280. The van der Waals surface area contributed by atoms with Crippen LogP contribution in [0, 0.1) is 5.82 Å². The molecule has 0 fully saturated rings. The Labute approximate surface area is 234 Å². The third-order valence-electron chi connectivity index (χ3n) is 5.69. The van der Waals surface area contributed by atoms with Gasteiger partial charge in [-0.05, 0) is 44.5 Å². The number of urea groups is 1. The lowest BCUT2D eigenvalue weighted by atomic mass is 10.0. The van der Waals surface area contributed by atoms with Gasteiger partial charge >= 0.3 is 6.03 Å². The molecule has 0 saturated carbocycles. The number of hydrazine groups is 1. The molecule has 1 aromatic heterocycles. The molecule has 1 aliphatic rings. The lowest BCUT2D eigenvalue weighted by Crippen LogP contribution is -2.52. The minimum absolute atomic E-state index is 0.0232. The molecular weight excluding hydrogens is 558 g/mol. The number of hydrogen-bond donors (Lipinski definition) is 2. The van der Waals surface area contributed by atoms with Crippen molar-refractivity contribution in [2.24, 2.45) is 4.99 Å². The van der Waals surface area contributed by atoms with Gasteiger partial charge in [0.25, 0.3) is 12.3 Å². The van der Waals surface area contributed by atoms with Crippen LogP contribution in [0.5, 0.6) is 5.75 Å². The summed E-state index contributed by atoms with van der Waals surface area (Å²) in [6.45, 7) is 4.41. The van der Waals surface area contributed by atoms with Crippen molar-refractivity contribution in [1.82, 2.24) is 20.7 Å². The van der Waals surface area contributed by atoms with E-state index in [-0.39, 0.29) is 50.9 Å². The highest BCUT2D eigenvalue weighted by molar-refractivity contribution is 6.44. The van der Waals surface area contributed by atoms with Gasteiger partial charge in [0.2, 0.25) is 0 Å². The fourth-order valence-electron chi connectivity index (χ4n) is 3.82. The Morgan fingerprint density at radius 2 is 1.95 bits per heavy atom. The SMILES string of the molecule is CCCC1C=CC(C(=O)NN(CC)C(=O)N[C@H](C)c2ncc(-c3cc(Cl)cc(Cl)c3OCC(F)F)cc2F)=N1. The van der Waals surface area contributed by atoms with Crippen LogP contribution in [0.2, 0.25) is 10.0 Å². The molecule has 210 valence electrons. The van der Waals surface area contributed by atoms with Gasteiger partial charge in [0, 0.05) is 28.9 Å². The minimum Gasteiger partial charge on any atom is -0.485 e. The van der Waals surface area contributed by atoms with Gasteiger partial charge in [0.15, 0.2) is 0 Å². The van der Waals surface area contributed by atoms with E-state index in [9.17, 15) is 18.4 Å². The number of carbonyl (C=O) groups excluding carboxylic acids is 2. The van der Waals surface area contributed by atoms with E-state index in [1.54, 1.807) is 13.0 Å². The van der Waals surface area contributed by atoms with E-state index in [1.165, 1.54) is 25.3 Å². The molecule has 2 aromatic rings. The lowest BCUT2D eigenvalue weighted by molar-refractivity contribution is -0.118. The highest BCUT2D eigenvalue weighted by Crippen LogP contribution is 2.39. The molecule has 3 rings (SSSR count). The third-order valence-corrected chi connectivity index (χ3v) is 6.19. The number of ether oxygens (including phenoxy) is 1. The number of pyridine rings is 1. The Kier molecular flexibility index (Phi) is 10.6. The summed E-state index contributed by atoms with van der Waals surface area (Å²) >= 11 is 12.2. The maximum Gasteiger partial charge on any atom is 0.336 e. The monoisotopic (exact) mass is 585 g/mol. The largest absolute Gasteiger partial charge is 0.485 e. The molecule has 3 amide bonds. The maximum atomic E-state index is 15.1. The number of alkyl halides is 2. The van der Waals surface area contributed by atoms with Crippen LogP contribution in [-0.2, 0) is 4.79 Å². The molecule has 0 spiro atoms. The van der Waals surface area contributed by atoms with Crippen molar-refractivity contribution in [3.8, 4) is 16.9 Å². The number of aliphatic imine (C=N–C) groups is 1. The molecule has 0 bridgehead atoms. The fourth-order valence-corrected chi connectivity index (χ4v) is 4.37. The van der Waals surface area contributed by atoms with Crippen molar-refractivity contribution in [2.75, 3.05) is 13.2 Å². The van der Waals surface area contributed by atoms with Crippen molar-refractivity contribution in [1.29, 1.82) is 0 Å². The first-order valence-electron chi connectivity index (χ1n) is 12.2. The highest BCUT2D eigenvalue weighted by Gasteiger charge is 2.24. The molecular formula is C26H28Cl2F3N5O3. The van der Waals surface area contributed by atoms with E-state index in [0.717, 1.165) is 23.9 Å². The van der Waals surface area contributed by atoms with Crippen molar-refractivity contribution in [3.63, 3.8) is 0 Å². The second kappa shape index (κ2) is 13.7. The first-order valence-corrected chi connectivity index (χ1v) is 13.0. The third kappa shape index (κ3) is 7.86. The molecule has 1 aliphatic heterocycles. The summed E-state index contributed by atoms with van der Waals surface area (Å²) in [7, 11) is 0. The minimum atomic E-state index is -2.75.